The van der Waals surface area contributed by atoms with E-state index >= 15 is 0 Å². The standard InChI is InChI=1S/C17H27N3/c1-14-5-7-16(8-6-14)19-9-11-20(12-10-19)17-4-2-3-15(18)13-17/h2-4,13-14,16H,5-12,18H2,1H3. The van der Waals surface area contributed by atoms with E-state index in [1.165, 1.54) is 44.5 Å². The summed E-state index contributed by atoms with van der Waals surface area (Å²) in [7, 11) is 0. The van der Waals surface area contributed by atoms with Crippen LogP contribution in [0.1, 0.15) is 32.6 Å². The van der Waals surface area contributed by atoms with E-state index in [2.05, 4.69) is 34.9 Å². The summed E-state index contributed by atoms with van der Waals surface area (Å²) in [5.41, 5.74) is 8.03. The van der Waals surface area contributed by atoms with Crippen LogP contribution in [0.15, 0.2) is 24.3 Å². The van der Waals surface area contributed by atoms with E-state index in [1.54, 1.807) is 0 Å². The highest BCUT2D eigenvalue weighted by Crippen LogP contribution is 2.28. The van der Waals surface area contributed by atoms with Gasteiger partial charge in [0.1, 0.15) is 0 Å². The Bertz CT molecular complexity index is 430. The van der Waals surface area contributed by atoms with E-state index in [0.717, 1.165) is 30.7 Å². The molecule has 1 aliphatic carbocycles. The van der Waals surface area contributed by atoms with E-state index in [9.17, 15) is 0 Å². The maximum atomic E-state index is 5.89. The fraction of sp³-hybridized carbons (Fsp3) is 0.647. The van der Waals surface area contributed by atoms with Gasteiger partial charge in [-0.15, -0.1) is 0 Å². The van der Waals surface area contributed by atoms with E-state index < -0.39 is 0 Å². The first-order chi connectivity index (χ1) is 9.72. The molecule has 3 heteroatoms. The highest BCUT2D eigenvalue weighted by atomic mass is 15.3. The molecule has 3 rings (SSSR count). The predicted molar refractivity (Wildman–Crippen MR) is 86.1 cm³/mol. The van der Waals surface area contributed by atoms with Crippen molar-refractivity contribution in [3.05, 3.63) is 24.3 Å². The maximum Gasteiger partial charge on any atom is 0.0387 e. The fourth-order valence-corrected chi connectivity index (χ4v) is 3.67. The van der Waals surface area contributed by atoms with E-state index in [4.69, 9.17) is 5.73 Å². The Balaban J connectivity index is 1.54. The van der Waals surface area contributed by atoms with E-state index in [1.807, 2.05) is 6.07 Å². The summed E-state index contributed by atoms with van der Waals surface area (Å²) in [5.74, 6) is 0.944. The highest BCUT2D eigenvalue weighted by Gasteiger charge is 2.26. The average Bonchev–Trinajstić information content (AvgIpc) is 2.48. The van der Waals surface area contributed by atoms with Gasteiger partial charge in [0.25, 0.3) is 0 Å². The molecule has 1 aliphatic heterocycles. The second-order valence-electron chi connectivity index (χ2n) is 6.53. The Hall–Kier alpha value is -1.22. The Kier molecular flexibility index (Phi) is 4.16. The molecule has 3 nitrogen and oxygen atoms in total. The number of piperazine rings is 1. The third-order valence-corrected chi connectivity index (χ3v) is 5.05. The van der Waals surface area contributed by atoms with Crippen LogP contribution in [-0.4, -0.2) is 37.1 Å². The lowest BCUT2D eigenvalue weighted by atomic mass is 9.86. The molecule has 0 amide bonds. The lowest BCUT2D eigenvalue weighted by Gasteiger charge is -2.42. The Morgan fingerprint density at radius 2 is 1.70 bits per heavy atom. The Labute approximate surface area is 122 Å². The van der Waals surface area contributed by atoms with Gasteiger partial charge in [-0.2, -0.15) is 0 Å². The van der Waals surface area contributed by atoms with Crippen LogP contribution in [0.5, 0.6) is 0 Å². The number of nitrogens with two attached hydrogens (primary N) is 1. The van der Waals surface area contributed by atoms with Crippen LogP contribution in [0.2, 0.25) is 0 Å². The molecule has 110 valence electrons. The van der Waals surface area contributed by atoms with Gasteiger partial charge < -0.3 is 10.6 Å². The van der Waals surface area contributed by atoms with Crippen LogP contribution in [0.4, 0.5) is 11.4 Å². The number of hydrogen-bond acceptors (Lipinski definition) is 3. The van der Waals surface area contributed by atoms with Gasteiger partial charge in [0.2, 0.25) is 0 Å². The predicted octanol–water partition coefficient (Wildman–Crippen LogP) is 2.97. The second kappa shape index (κ2) is 6.04. The average molecular weight is 273 g/mol. The quantitative estimate of drug-likeness (QED) is 0.841. The normalized spacial score (nSPS) is 28.6. The second-order valence-corrected chi connectivity index (χ2v) is 6.53. The van der Waals surface area contributed by atoms with Crippen LogP contribution in [-0.2, 0) is 0 Å². The summed E-state index contributed by atoms with van der Waals surface area (Å²) < 4.78 is 0. The molecule has 1 saturated heterocycles. The molecule has 1 saturated carbocycles. The van der Waals surface area contributed by atoms with Gasteiger partial charge in [-0.25, -0.2) is 0 Å². The third-order valence-electron chi connectivity index (χ3n) is 5.05. The van der Waals surface area contributed by atoms with Crippen molar-refractivity contribution in [2.24, 2.45) is 5.92 Å². The van der Waals surface area contributed by atoms with E-state index in [0.29, 0.717) is 0 Å². The monoisotopic (exact) mass is 273 g/mol. The Morgan fingerprint density at radius 3 is 2.35 bits per heavy atom. The van der Waals surface area contributed by atoms with Crippen molar-refractivity contribution in [3.8, 4) is 0 Å². The molecular formula is C17H27N3. The molecular weight excluding hydrogens is 246 g/mol. The van der Waals surface area contributed by atoms with Crippen molar-refractivity contribution < 1.29 is 0 Å². The van der Waals surface area contributed by atoms with Crippen LogP contribution in [0, 0.1) is 5.92 Å². The molecule has 1 aromatic rings. The van der Waals surface area contributed by atoms with Crippen molar-refractivity contribution in [3.63, 3.8) is 0 Å². The largest absolute Gasteiger partial charge is 0.399 e. The first kappa shape index (κ1) is 13.7. The zero-order valence-corrected chi connectivity index (χ0v) is 12.6. The number of nitrogens with zero attached hydrogens (tertiary/aromatic N) is 2. The molecule has 1 aromatic carbocycles. The number of nitrogen functional groups attached to an aromatic ring is 1. The zero-order chi connectivity index (χ0) is 13.9. The van der Waals surface area contributed by atoms with Crippen molar-refractivity contribution in [1.82, 2.24) is 4.90 Å². The summed E-state index contributed by atoms with van der Waals surface area (Å²) >= 11 is 0. The first-order valence-electron chi connectivity index (χ1n) is 8.07. The first-order valence-corrected chi connectivity index (χ1v) is 8.07. The van der Waals surface area contributed by atoms with Crippen LogP contribution < -0.4 is 10.6 Å². The summed E-state index contributed by atoms with van der Waals surface area (Å²) in [6, 6.07) is 9.13. The van der Waals surface area contributed by atoms with Gasteiger partial charge in [-0.1, -0.05) is 13.0 Å². The van der Waals surface area contributed by atoms with Gasteiger partial charge in [0.05, 0.1) is 0 Å². The lowest BCUT2D eigenvalue weighted by molar-refractivity contribution is 0.133. The molecule has 0 atom stereocenters. The third kappa shape index (κ3) is 3.09. The molecule has 0 aromatic heterocycles. The lowest BCUT2D eigenvalue weighted by Crippen LogP contribution is -2.51. The summed E-state index contributed by atoms with van der Waals surface area (Å²) in [4.78, 5) is 5.19. The summed E-state index contributed by atoms with van der Waals surface area (Å²) in [5, 5.41) is 0. The molecule has 0 spiro atoms. The summed E-state index contributed by atoms with van der Waals surface area (Å²) in [6.45, 7) is 7.07. The molecule has 0 radical (unpaired) electrons. The van der Waals surface area contributed by atoms with Gasteiger partial charge in [-0.05, 0) is 49.8 Å². The molecule has 20 heavy (non-hydrogen) atoms. The summed E-state index contributed by atoms with van der Waals surface area (Å²) in [6.07, 6.45) is 5.64. The van der Waals surface area contributed by atoms with Gasteiger partial charge in [0.15, 0.2) is 0 Å². The van der Waals surface area contributed by atoms with Crippen molar-refractivity contribution in [1.29, 1.82) is 0 Å². The minimum atomic E-state index is 0.842. The number of rotatable bonds is 2. The molecule has 2 aliphatic rings. The molecule has 2 fully saturated rings. The van der Waals surface area contributed by atoms with Crippen molar-refractivity contribution in [2.45, 2.75) is 38.6 Å². The number of benzene rings is 1. The van der Waals surface area contributed by atoms with Crippen LogP contribution in [0.3, 0.4) is 0 Å². The smallest absolute Gasteiger partial charge is 0.0387 e. The van der Waals surface area contributed by atoms with Gasteiger partial charge >= 0.3 is 0 Å². The van der Waals surface area contributed by atoms with Crippen molar-refractivity contribution in [2.75, 3.05) is 36.8 Å². The maximum absolute atomic E-state index is 5.89. The van der Waals surface area contributed by atoms with Crippen molar-refractivity contribution >= 4 is 11.4 Å². The SMILES string of the molecule is CC1CCC(N2CCN(c3cccc(N)c3)CC2)CC1. The van der Waals surface area contributed by atoms with Crippen LogP contribution in [0.25, 0.3) is 0 Å². The van der Waals surface area contributed by atoms with Crippen LogP contribution >= 0.6 is 0 Å². The van der Waals surface area contributed by atoms with E-state index in [-0.39, 0.29) is 0 Å². The minimum absolute atomic E-state index is 0.842. The number of anilines is 2. The molecule has 0 bridgehead atoms. The number of hydrogen-bond donors (Lipinski definition) is 1. The Morgan fingerprint density at radius 1 is 1.00 bits per heavy atom. The van der Waals surface area contributed by atoms with Gasteiger partial charge in [0, 0.05) is 43.6 Å². The zero-order valence-electron chi connectivity index (χ0n) is 12.6. The fourth-order valence-electron chi connectivity index (χ4n) is 3.67. The molecule has 2 N–H and O–H groups in total. The molecule has 1 heterocycles. The van der Waals surface area contributed by atoms with Gasteiger partial charge in [-0.3, -0.25) is 4.90 Å². The topological polar surface area (TPSA) is 32.5 Å². The highest BCUT2D eigenvalue weighted by molar-refractivity contribution is 5.56. The molecule has 0 unspecified atom stereocenters. The minimum Gasteiger partial charge on any atom is -0.399 e.